The Balaban J connectivity index is 3.15. The third-order valence-corrected chi connectivity index (χ3v) is 3.05. The van der Waals surface area contributed by atoms with E-state index in [1.165, 1.54) is 25.1 Å². The first-order chi connectivity index (χ1) is 6.80. The topological polar surface area (TPSA) is 83.5 Å². The predicted octanol–water partition coefficient (Wildman–Crippen LogP) is 1.65. The molecule has 0 aromatic heterocycles. The quantitative estimate of drug-likeness (QED) is 0.812. The summed E-state index contributed by atoms with van der Waals surface area (Å²) < 4.78 is 30.7. The van der Waals surface area contributed by atoms with Gasteiger partial charge in [0.1, 0.15) is 0 Å². The molecule has 0 bridgehead atoms. The second-order valence-corrected chi connectivity index (χ2v) is 5.07. The molecule has 2 N–H and O–H groups in total. The second-order valence-electron chi connectivity index (χ2n) is 2.80. The smallest absolute Gasteiger partial charge is 0.294 e. The zero-order valence-electron chi connectivity index (χ0n) is 7.69. The molecule has 1 aromatic rings. The highest BCUT2D eigenvalue weighted by Gasteiger charge is 2.11. The molecule has 0 aliphatic heterocycles. The highest BCUT2D eigenvalue weighted by molar-refractivity contribution is 9.10. The van der Waals surface area contributed by atoms with Gasteiger partial charge < -0.3 is 5.32 Å². The lowest BCUT2D eigenvalue weighted by molar-refractivity contribution is -0.114. The Morgan fingerprint density at radius 3 is 2.47 bits per heavy atom. The zero-order chi connectivity index (χ0) is 11.6. The van der Waals surface area contributed by atoms with Gasteiger partial charge in [0.2, 0.25) is 5.91 Å². The van der Waals surface area contributed by atoms with Crippen molar-refractivity contribution in [3.05, 3.63) is 22.7 Å². The maximum absolute atomic E-state index is 10.8. The first-order valence-corrected chi connectivity index (χ1v) is 6.08. The maximum atomic E-state index is 10.8. The van der Waals surface area contributed by atoms with Gasteiger partial charge in [-0.05, 0) is 34.1 Å². The van der Waals surface area contributed by atoms with E-state index in [2.05, 4.69) is 21.2 Å². The third kappa shape index (κ3) is 3.29. The van der Waals surface area contributed by atoms with Crippen molar-refractivity contribution in [1.29, 1.82) is 0 Å². The third-order valence-electron chi connectivity index (χ3n) is 1.55. The minimum atomic E-state index is -4.21. The number of hydrogen-bond donors (Lipinski definition) is 2. The van der Waals surface area contributed by atoms with E-state index in [1.807, 2.05) is 0 Å². The lowest BCUT2D eigenvalue weighted by atomic mass is 10.3. The molecule has 0 saturated heterocycles. The Kier molecular flexibility index (Phi) is 3.48. The van der Waals surface area contributed by atoms with E-state index >= 15 is 0 Å². The summed E-state index contributed by atoms with van der Waals surface area (Å²) in [5, 5.41) is 2.49. The van der Waals surface area contributed by atoms with Gasteiger partial charge in [0.15, 0.2) is 0 Å². The lowest BCUT2D eigenvalue weighted by Gasteiger charge is -2.05. The number of hydrogen-bond acceptors (Lipinski definition) is 3. The molecule has 5 nitrogen and oxygen atoms in total. The number of carbonyl (C=O) groups is 1. The summed E-state index contributed by atoms with van der Waals surface area (Å²) in [6, 6.07) is 3.79. The van der Waals surface area contributed by atoms with Gasteiger partial charge in [0, 0.05) is 11.4 Å². The Bertz CT molecular complexity index is 497. The molecule has 1 amide bonds. The number of rotatable bonds is 2. The van der Waals surface area contributed by atoms with Crippen LogP contribution in [-0.4, -0.2) is 18.9 Å². The van der Waals surface area contributed by atoms with Crippen molar-refractivity contribution >= 4 is 37.6 Å². The number of nitrogens with one attached hydrogen (secondary N) is 1. The maximum Gasteiger partial charge on any atom is 0.294 e. The van der Waals surface area contributed by atoms with Gasteiger partial charge >= 0.3 is 0 Å². The summed E-state index contributed by atoms with van der Waals surface area (Å²) in [5.74, 6) is -0.268. The molecule has 82 valence electrons. The second kappa shape index (κ2) is 4.30. The van der Waals surface area contributed by atoms with Crippen LogP contribution < -0.4 is 5.32 Å². The number of anilines is 1. The SMILES string of the molecule is CC(=O)Nc1ccc(S(=O)(=O)O)cc1Br. The van der Waals surface area contributed by atoms with Crippen molar-refractivity contribution in [3.8, 4) is 0 Å². The van der Waals surface area contributed by atoms with Crippen LogP contribution in [0.5, 0.6) is 0 Å². The van der Waals surface area contributed by atoms with E-state index in [9.17, 15) is 13.2 Å². The van der Waals surface area contributed by atoms with Crippen LogP contribution in [0.1, 0.15) is 6.92 Å². The highest BCUT2D eigenvalue weighted by Crippen LogP contribution is 2.25. The van der Waals surface area contributed by atoms with Crippen molar-refractivity contribution in [2.24, 2.45) is 0 Å². The van der Waals surface area contributed by atoms with E-state index in [0.717, 1.165) is 0 Å². The van der Waals surface area contributed by atoms with Gasteiger partial charge in [0.25, 0.3) is 10.1 Å². The Morgan fingerprint density at radius 2 is 2.07 bits per heavy atom. The van der Waals surface area contributed by atoms with Gasteiger partial charge in [-0.25, -0.2) is 0 Å². The molecule has 0 radical (unpaired) electrons. The average molecular weight is 294 g/mol. The summed E-state index contributed by atoms with van der Waals surface area (Å²) in [7, 11) is -4.21. The molecule has 0 unspecified atom stereocenters. The van der Waals surface area contributed by atoms with Gasteiger partial charge in [-0.1, -0.05) is 0 Å². The van der Waals surface area contributed by atoms with Crippen LogP contribution in [-0.2, 0) is 14.9 Å². The molecule has 0 aliphatic carbocycles. The zero-order valence-corrected chi connectivity index (χ0v) is 10.1. The molecular formula is C8H8BrNO4S. The van der Waals surface area contributed by atoms with Gasteiger partial charge in [-0.15, -0.1) is 0 Å². The van der Waals surface area contributed by atoms with Crippen LogP contribution in [0.15, 0.2) is 27.6 Å². The lowest BCUT2D eigenvalue weighted by Crippen LogP contribution is -2.07. The minimum Gasteiger partial charge on any atom is -0.325 e. The van der Waals surface area contributed by atoms with Crippen molar-refractivity contribution in [2.75, 3.05) is 5.32 Å². The molecule has 0 heterocycles. The van der Waals surface area contributed by atoms with E-state index in [1.54, 1.807) is 0 Å². The van der Waals surface area contributed by atoms with Crippen molar-refractivity contribution < 1.29 is 17.8 Å². The molecule has 0 spiro atoms. The van der Waals surface area contributed by atoms with Crippen LogP contribution >= 0.6 is 15.9 Å². The summed E-state index contributed by atoms with van der Waals surface area (Å²) >= 11 is 3.08. The molecule has 15 heavy (non-hydrogen) atoms. The molecule has 0 fully saturated rings. The fourth-order valence-corrected chi connectivity index (χ4v) is 2.08. The molecule has 0 atom stereocenters. The molecule has 1 rings (SSSR count). The summed E-state index contributed by atoms with van der Waals surface area (Å²) in [6.07, 6.45) is 0. The van der Waals surface area contributed by atoms with Gasteiger partial charge in [-0.3, -0.25) is 9.35 Å². The van der Waals surface area contributed by atoms with Crippen LogP contribution in [0.3, 0.4) is 0 Å². The fourth-order valence-electron chi connectivity index (χ4n) is 0.947. The Labute approximate surface area is 95.4 Å². The van der Waals surface area contributed by atoms with Crippen LogP contribution in [0, 0.1) is 0 Å². The average Bonchev–Trinajstić information content (AvgIpc) is 2.05. The van der Waals surface area contributed by atoms with Crippen LogP contribution in [0.25, 0.3) is 0 Å². The first-order valence-electron chi connectivity index (χ1n) is 3.85. The van der Waals surface area contributed by atoms with Crippen LogP contribution in [0.2, 0.25) is 0 Å². The molecule has 7 heteroatoms. The number of carbonyl (C=O) groups excluding carboxylic acids is 1. The fraction of sp³-hybridized carbons (Fsp3) is 0.125. The van der Waals surface area contributed by atoms with Crippen molar-refractivity contribution in [3.63, 3.8) is 0 Å². The summed E-state index contributed by atoms with van der Waals surface area (Å²) in [6.45, 7) is 1.34. The van der Waals surface area contributed by atoms with Gasteiger partial charge in [-0.2, -0.15) is 8.42 Å². The van der Waals surface area contributed by atoms with E-state index in [4.69, 9.17) is 4.55 Å². The first kappa shape index (κ1) is 12.2. The predicted molar refractivity (Wildman–Crippen MR) is 58.3 cm³/mol. The highest BCUT2D eigenvalue weighted by atomic mass is 79.9. The number of halogens is 1. The summed E-state index contributed by atoms with van der Waals surface area (Å²) in [5.41, 5.74) is 0.440. The Hall–Kier alpha value is -0.920. The van der Waals surface area contributed by atoms with E-state index in [-0.39, 0.29) is 10.8 Å². The normalized spacial score (nSPS) is 11.1. The monoisotopic (exact) mass is 293 g/mol. The molecular weight excluding hydrogens is 286 g/mol. The number of benzene rings is 1. The largest absolute Gasteiger partial charge is 0.325 e. The van der Waals surface area contributed by atoms with Crippen LogP contribution in [0.4, 0.5) is 5.69 Å². The van der Waals surface area contributed by atoms with Gasteiger partial charge in [0.05, 0.1) is 10.6 Å². The number of amides is 1. The standard InChI is InChI=1S/C8H8BrNO4S/c1-5(11)10-8-3-2-6(4-7(8)9)15(12,13)14/h2-4H,1H3,(H,10,11)(H,12,13,14). The summed E-state index contributed by atoms with van der Waals surface area (Å²) in [4.78, 5) is 10.5. The van der Waals surface area contributed by atoms with E-state index < -0.39 is 10.1 Å². The van der Waals surface area contributed by atoms with Crippen molar-refractivity contribution in [2.45, 2.75) is 11.8 Å². The van der Waals surface area contributed by atoms with Crippen molar-refractivity contribution in [1.82, 2.24) is 0 Å². The molecule has 0 saturated carbocycles. The minimum absolute atomic E-state index is 0.233. The Morgan fingerprint density at radius 1 is 1.47 bits per heavy atom. The molecule has 0 aliphatic rings. The molecule has 1 aromatic carbocycles. The van der Waals surface area contributed by atoms with E-state index in [0.29, 0.717) is 10.2 Å².